The smallest absolute Gasteiger partial charge is 0.123 e. The molecular weight excluding hydrogens is 238 g/mol. The Hall–Kier alpha value is -1.81. The average molecular weight is 257 g/mol. The lowest BCUT2D eigenvalue weighted by atomic mass is 10.1. The fourth-order valence-electron chi connectivity index (χ4n) is 2.34. The second kappa shape index (κ2) is 5.05. The van der Waals surface area contributed by atoms with Crippen LogP contribution in [-0.4, -0.2) is 16.9 Å². The van der Waals surface area contributed by atoms with Gasteiger partial charge in [0.05, 0.1) is 19.3 Å². The van der Waals surface area contributed by atoms with Crippen LogP contribution in [0.2, 0.25) is 0 Å². The number of rotatable bonds is 5. The van der Waals surface area contributed by atoms with Crippen LogP contribution in [0, 0.1) is 0 Å². The van der Waals surface area contributed by atoms with E-state index in [1.807, 2.05) is 10.7 Å². The summed E-state index contributed by atoms with van der Waals surface area (Å²) in [5.41, 5.74) is 9.20. The molecule has 1 saturated carbocycles. The Kier molecular flexibility index (Phi) is 3.25. The topological polar surface area (TPSA) is 53.1 Å². The molecule has 1 aliphatic rings. The lowest BCUT2D eigenvalue weighted by Crippen LogP contribution is -2.04. The number of hydrogen-bond acceptors (Lipinski definition) is 3. The van der Waals surface area contributed by atoms with Crippen molar-refractivity contribution in [1.82, 2.24) is 9.78 Å². The second-order valence-corrected chi connectivity index (χ2v) is 5.06. The number of nitrogens with zero attached hydrogens (tertiary/aromatic N) is 2. The van der Waals surface area contributed by atoms with Crippen LogP contribution in [0.1, 0.15) is 35.6 Å². The average Bonchev–Trinajstić information content (AvgIpc) is 3.19. The van der Waals surface area contributed by atoms with Crippen molar-refractivity contribution < 1.29 is 4.74 Å². The van der Waals surface area contributed by atoms with E-state index < -0.39 is 0 Å². The van der Waals surface area contributed by atoms with Gasteiger partial charge >= 0.3 is 0 Å². The predicted octanol–water partition coefficient (Wildman–Crippen LogP) is 2.28. The minimum atomic E-state index is 0.490. The number of hydrogen-bond donors (Lipinski definition) is 1. The Bertz CT molecular complexity index is 573. The fourth-order valence-corrected chi connectivity index (χ4v) is 2.34. The van der Waals surface area contributed by atoms with Crippen LogP contribution < -0.4 is 10.5 Å². The van der Waals surface area contributed by atoms with E-state index in [4.69, 9.17) is 10.5 Å². The molecular formula is C15H19N3O. The largest absolute Gasteiger partial charge is 0.496 e. The molecule has 1 aromatic carbocycles. The summed E-state index contributed by atoms with van der Waals surface area (Å²) in [5, 5.41) is 4.62. The number of benzene rings is 1. The van der Waals surface area contributed by atoms with Crippen molar-refractivity contribution in [2.24, 2.45) is 5.73 Å². The maximum Gasteiger partial charge on any atom is 0.123 e. The molecule has 0 radical (unpaired) electrons. The Morgan fingerprint density at radius 2 is 2.21 bits per heavy atom. The minimum absolute atomic E-state index is 0.490. The standard InChI is InChI=1S/C15H19N3O/c1-19-15-5-2-11(8-13(15)9-16)10-18-7-6-14(17-18)12-3-4-12/h2,5-8,12H,3-4,9-10,16H2,1H3. The van der Waals surface area contributed by atoms with Crippen molar-refractivity contribution in [3.8, 4) is 5.75 Å². The highest BCUT2D eigenvalue weighted by atomic mass is 16.5. The maximum atomic E-state index is 5.74. The fraction of sp³-hybridized carbons (Fsp3) is 0.400. The second-order valence-electron chi connectivity index (χ2n) is 5.06. The van der Waals surface area contributed by atoms with Crippen LogP contribution >= 0.6 is 0 Å². The van der Waals surface area contributed by atoms with Gasteiger partial charge in [0.2, 0.25) is 0 Å². The Balaban J connectivity index is 1.77. The van der Waals surface area contributed by atoms with Crippen LogP contribution in [0.4, 0.5) is 0 Å². The molecule has 0 spiro atoms. The monoisotopic (exact) mass is 257 g/mol. The normalized spacial score (nSPS) is 14.6. The van der Waals surface area contributed by atoms with E-state index in [9.17, 15) is 0 Å². The number of nitrogens with two attached hydrogens (primary N) is 1. The van der Waals surface area contributed by atoms with Gasteiger partial charge in [0.25, 0.3) is 0 Å². The van der Waals surface area contributed by atoms with Gasteiger partial charge in [-0.1, -0.05) is 6.07 Å². The van der Waals surface area contributed by atoms with Crippen molar-refractivity contribution in [2.45, 2.75) is 31.8 Å². The van der Waals surface area contributed by atoms with Gasteiger partial charge in [-0.2, -0.15) is 5.10 Å². The first-order valence-corrected chi connectivity index (χ1v) is 6.69. The number of ether oxygens (including phenoxy) is 1. The summed E-state index contributed by atoms with van der Waals surface area (Å²) in [6.45, 7) is 1.27. The van der Waals surface area contributed by atoms with Gasteiger partial charge in [0.15, 0.2) is 0 Å². The summed E-state index contributed by atoms with van der Waals surface area (Å²) in [6, 6.07) is 8.27. The van der Waals surface area contributed by atoms with Gasteiger partial charge in [-0.3, -0.25) is 4.68 Å². The summed E-state index contributed by atoms with van der Waals surface area (Å²) < 4.78 is 7.28. The summed E-state index contributed by atoms with van der Waals surface area (Å²) in [6.07, 6.45) is 4.63. The van der Waals surface area contributed by atoms with E-state index in [1.54, 1.807) is 7.11 Å². The third-order valence-electron chi connectivity index (χ3n) is 3.57. The van der Waals surface area contributed by atoms with Gasteiger partial charge < -0.3 is 10.5 Å². The summed E-state index contributed by atoms with van der Waals surface area (Å²) in [5.74, 6) is 1.56. The number of aromatic nitrogens is 2. The maximum absolute atomic E-state index is 5.74. The molecule has 100 valence electrons. The molecule has 1 fully saturated rings. The molecule has 0 saturated heterocycles. The van der Waals surface area contributed by atoms with E-state index >= 15 is 0 Å². The van der Waals surface area contributed by atoms with E-state index in [-0.39, 0.29) is 0 Å². The molecule has 0 aliphatic heterocycles. The van der Waals surface area contributed by atoms with Gasteiger partial charge in [0.1, 0.15) is 5.75 Å². The van der Waals surface area contributed by atoms with Gasteiger partial charge in [-0.05, 0) is 36.6 Å². The third kappa shape index (κ3) is 2.63. The summed E-state index contributed by atoms with van der Waals surface area (Å²) in [4.78, 5) is 0. The molecule has 4 heteroatoms. The molecule has 2 N–H and O–H groups in total. The third-order valence-corrected chi connectivity index (χ3v) is 3.57. The lowest BCUT2D eigenvalue weighted by Gasteiger charge is -2.09. The molecule has 2 aromatic rings. The van der Waals surface area contributed by atoms with Gasteiger partial charge in [-0.15, -0.1) is 0 Å². The minimum Gasteiger partial charge on any atom is -0.496 e. The first-order valence-electron chi connectivity index (χ1n) is 6.69. The molecule has 4 nitrogen and oxygen atoms in total. The van der Waals surface area contributed by atoms with Crippen molar-refractivity contribution >= 4 is 0 Å². The molecule has 1 aliphatic carbocycles. The van der Waals surface area contributed by atoms with Crippen LogP contribution in [0.3, 0.4) is 0 Å². The zero-order valence-electron chi connectivity index (χ0n) is 11.2. The first-order chi connectivity index (χ1) is 9.30. The van der Waals surface area contributed by atoms with E-state index in [0.717, 1.165) is 17.9 Å². The highest BCUT2D eigenvalue weighted by molar-refractivity contribution is 5.37. The molecule has 1 aromatic heterocycles. The highest BCUT2D eigenvalue weighted by Gasteiger charge is 2.25. The van der Waals surface area contributed by atoms with E-state index in [1.165, 1.54) is 24.1 Å². The molecule has 0 unspecified atom stereocenters. The van der Waals surface area contributed by atoms with Crippen molar-refractivity contribution in [1.29, 1.82) is 0 Å². The van der Waals surface area contributed by atoms with E-state index in [2.05, 4.69) is 29.5 Å². The first kappa shape index (κ1) is 12.2. The Morgan fingerprint density at radius 1 is 1.37 bits per heavy atom. The van der Waals surface area contributed by atoms with Crippen LogP contribution in [0.25, 0.3) is 0 Å². The highest BCUT2D eigenvalue weighted by Crippen LogP contribution is 2.38. The van der Waals surface area contributed by atoms with Crippen molar-refractivity contribution in [3.05, 3.63) is 47.3 Å². The SMILES string of the molecule is COc1ccc(Cn2ccc(C3CC3)n2)cc1CN. The van der Waals surface area contributed by atoms with Crippen LogP contribution in [-0.2, 0) is 13.1 Å². The molecule has 19 heavy (non-hydrogen) atoms. The zero-order chi connectivity index (χ0) is 13.2. The predicted molar refractivity (Wildman–Crippen MR) is 74.2 cm³/mol. The number of methoxy groups -OCH3 is 1. The summed E-state index contributed by atoms with van der Waals surface area (Å²) >= 11 is 0. The molecule has 0 amide bonds. The van der Waals surface area contributed by atoms with Crippen LogP contribution in [0.15, 0.2) is 30.5 Å². The Labute approximate surface area is 113 Å². The molecule has 3 rings (SSSR count). The lowest BCUT2D eigenvalue weighted by molar-refractivity contribution is 0.409. The Morgan fingerprint density at radius 3 is 2.89 bits per heavy atom. The van der Waals surface area contributed by atoms with Crippen molar-refractivity contribution in [3.63, 3.8) is 0 Å². The molecule has 0 bridgehead atoms. The van der Waals surface area contributed by atoms with Crippen LogP contribution in [0.5, 0.6) is 5.75 Å². The van der Waals surface area contributed by atoms with Gasteiger partial charge in [-0.25, -0.2) is 0 Å². The van der Waals surface area contributed by atoms with E-state index in [0.29, 0.717) is 12.5 Å². The molecule has 0 atom stereocenters. The van der Waals surface area contributed by atoms with Crippen molar-refractivity contribution in [2.75, 3.05) is 7.11 Å². The summed E-state index contributed by atoms with van der Waals surface area (Å²) in [7, 11) is 1.67. The zero-order valence-corrected chi connectivity index (χ0v) is 11.2. The van der Waals surface area contributed by atoms with Gasteiger partial charge in [0, 0.05) is 24.2 Å². The molecule has 1 heterocycles. The quantitative estimate of drug-likeness (QED) is 0.894.